The summed E-state index contributed by atoms with van der Waals surface area (Å²) in [6.45, 7) is 0. The quantitative estimate of drug-likeness (QED) is 0.0825. The number of carbonyl (C=O) groups is 2. The summed E-state index contributed by atoms with van der Waals surface area (Å²) in [5.41, 5.74) is -0.695. The van der Waals surface area contributed by atoms with Gasteiger partial charge in [-0.25, -0.2) is 13.2 Å². The number of methoxy groups -OCH3 is 1. The molecule has 14 heteroatoms. The Morgan fingerprint density at radius 3 is 1.76 bits per heavy atom. The number of benzene rings is 5. The maximum absolute atomic E-state index is 14.1. The molecule has 0 aliphatic rings. The van der Waals surface area contributed by atoms with Crippen LogP contribution in [0.2, 0.25) is 0 Å². The highest BCUT2D eigenvalue weighted by Crippen LogP contribution is 2.38. The number of carbonyl (C=O) groups excluding carboxylic acids is 2. The van der Waals surface area contributed by atoms with Gasteiger partial charge in [-0.1, -0.05) is 24.3 Å². The van der Waals surface area contributed by atoms with Crippen molar-refractivity contribution in [1.29, 1.82) is 0 Å². The number of hydrogen-bond donors (Lipinski definition) is 0. The van der Waals surface area contributed by atoms with E-state index in [1.807, 2.05) is 0 Å². The van der Waals surface area contributed by atoms with E-state index in [0.717, 1.165) is 36.4 Å². The van der Waals surface area contributed by atoms with Crippen LogP contribution in [-0.2, 0) is 10.0 Å². The molecule has 0 bridgehead atoms. The molecule has 0 radical (unpaired) electrons. The Hall–Kier alpha value is -6.15. The van der Waals surface area contributed by atoms with Crippen LogP contribution in [0.3, 0.4) is 0 Å². The van der Waals surface area contributed by atoms with Crippen molar-refractivity contribution >= 4 is 49.7 Å². The molecule has 0 fully saturated rings. The summed E-state index contributed by atoms with van der Waals surface area (Å²) in [4.78, 5) is 47.5. The van der Waals surface area contributed by atoms with Crippen molar-refractivity contribution in [1.82, 2.24) is 0 Å². The summed E-state index contributed by atoms with van der Waals surface area (Å²) in [6.07, 6.45) is 0. The Morgan fingerprint density at radius 1 is 0.689 bits per heavy atom. The van der Waals surface area contributed by atoms with Gasteiger partial charge in [-0.3, -0.25) is 25.0 Å². The van der Waals surface area contributed by atoms with E-state index in [9.17, 15) is 38.2 Å². The van der Waals surface area contributed by atoms with Gasteiger partial charge in [-0.15, -0.1) is 0 Å². The molecule has 45 heavy (non-hydrogen) atoms. The predicted octanol–water partition coefficient (Wildman–Crippen LogP) is 5.92. The van der Waals surface area contributed by atoms with Crippen molar-refractivity contribution in [2.75, 3.05) is 11.4 Å². The van der Waals surface area contributed by atoms with E-state index < -0.39 is 31.7 Å². The summed E-state index contributed by atoms with van der Waals surface area (Å²) >= 11 is 0. The summed E-state index contributed by atoms with van der Waals surface area (Å²) in [7, 11) is -3.19. The van der Waals surface area contributed by atoms with Crippen molar-refractivity contribution < 1.29 is 37.3 Å². The van der Waals surface area contributed by atoms with Gasteiger partial charge in [0.1, 0.15) is 11.5 Å². The maximum Gasteiger partial charge on any atom is 0.343 e. The lowest BCUT2D eigenvalue weighted by Crippen LogP contribution is -2.37. The molecule has 0 aliphatic carbocycles. The second kappa shape index (κ2) is 12.2. The van der Waals surface area contributed by atoms with E-state index in [2.05, 4.69) is 0 Å². The molecule has 5 aromatic carbocycles. The van der Waals surface area contributed by atoms with Gasteiger partial charge in [0.25, 0.3) is 27.3 Å². The molecule has 13 nitrogen and oxygen atoms in total. The number of ether oxygens (including phenoxy) is 2. The zero-order valence-electron chi connectivity index (χ0n) is 23.2. The lowest BCUT2D eigenvalue weighted by Gasteiger charge is -2.25. The van der Waals surface area contributed by atoms with Gasteiger partial charge in [0.2, 0.25) is 0 Å². The second-order valence-electron chi connectivity index (χ2n) is 9.38. The lowest BCUT2D eigenvalue weighted by atomic mass is 10.1. The van der Waals surface area contributed by atoms with E-state index in [-0.39, 0.29) is 49.6 Å². The lowest BCUT2D eigenvalue weighted by molar-refractivity contribution is -0.385. The number of amides is 1. The number of sulfonamides is 1. The summed E-state index contributed by atoms with van der Waals surface area (Å²) in [6, 6.07) is 23.6. The largest absolute Gasteiger partial charge is 0.497 e. The highest BCUT2D eigenvalue weighted by molar-refractivity contribution is 7.93. The average Bonchev–Trinajstić information content (AvgIpc) is 3.05. The first-order valence-corrected chi connectivity index (χ1v) is 14.4. The molecule has 1 amide bonds. The van der Waals surface area contributed by atoms with Crippen molar-refractivity contribution in [3.8, 4) is 11.5 Å². The van der Waals surface area contributed by atoms with Crippen LogP contribution >= 0.6 is 0 Å². The SMILES string of the molecule is COc1ccc(S(=O)(=O)N(C(=O)c2ccc([N+](=O)[O-])cc2)c2ccc(OC(=O)c3ccc([N+](=O)[O-])cc3)c3ccccc23)cc1. The van der Waals surface area contributed by atoms with Crippen LogP contribution in [0.5, 0.6) is 11.5 Å². The number of fused-ring (bicyclic) bond motifs is 1. The summed E-state index contributed by atoms with van der Waals surface area (Å²) in [5.74, 6) is -1.41. The molecule has 5 aromatic rings. The smallest absolute Gasteiger partial charge is 0.343 e. The molecule has 0 atom stereocenters. The van der Waals surface area contributed by atoms with E-state index in [1.54, 1.807) is 18.2 Å². The predicted molar refractivity (Wildman–Crippen MR) is 162 cm³/mol. The third-order valence-corrected chi connectivity index (χ3v) is 8.41. The van der Waals surface area contributed by atoms with Crippen LogP contribution in [0.25, 0.3) is 10.8 Å². The van der Waals surface area contributed by atoms with E-state index in [1.165, 1.54) is 61.7 Å². The number of nitro groups is 2. The van der Waals surface area contributed by atoms with E-state index in [4.69, 9.17) is 9.47 Å². The number of non-ortho nitro benzene ring substituents is 2. The van der Waals surface area contributed by atoms with Crippen LogP contribution in [0.15, 0.2) is 114 Å². The minimum atomic E-state index is -4.60. The Kier molecular flexibility index (Phi) is 8.23. The van der Waals surface area contributed by atoms with Crippen LogP contribution in [0.1, 0.15) is 20.7 Å². The average molecular weight is 628 g/mol. The van der Waals surface area contributed by atoms with E-state index in [0.29, 0.717) is 10.1 Å². The fraction of sp³-hybridized carbons (Fsp3) is 0.0323. The molecule has 0 aliphatic heterocycles. The minimum Gasteiger partial charge on any atom is -0.497 e. The van der Waals surface area contributed by atoms with Crippen LogP contribution in [0, 0.1) is 20.2 Å². The number of nitrogens with zero attached hydrogens (tertiary/aromatic N) is 3. The highest BCUT2D eigenvalue weighted by atomic mass is 32.2. The number of rotatable bonds is 9. The van der Waals surface area contributed by atoms with E-state index >= 15 is 0 Å². The van der Waals surface area contributed by atoms with Crippen LogP contribution in [-0.4, -0.2) is 37.3 Å². The molecule has 0 spiro atoms. The third-order valence-electron chi connectivity index (χ3n) is 6.70. The van der Waals surface area contributed by atoms with Gasteiger partial charge in [0.05, 0.1) is 33.1 Å². The fourth-order valence-corrected chi connectivity index (χ4v) is 5.88. The Bertz CT molecular complexity index is 2060. The molecular weight excluding hydrogens is 606 g/mol. The van der Waals surface area contributed by atoms with Crippen molar-refractivity contribution in [2.45, 2.75) is 4.90 Å². The van der Waals surface area contributed by atoms with Gasteiger partial charge in [0.15, 0.2) is 0 Å². The van der Waals surface area contributed by atoms with Gasteiger partial charge in [-0.05, 0) is 60.7 Å². The third kappa shape index (κ3) is 6.03. The first kappa shape index (κ1) is 30.3. The molecule has 226 valence electrons. The monoisotopic (exact) mass is 627 g/mol. The van der Waals surface area contributed by atoms with Crippen LogP contribution < -0.4 is 13.8 Å². The number of esters is 1. The van der Waals surface area contributed by atoms with Gasteiger partial charge < -0.3 is 9.47 Å². The van der Waals surface area contributed by atoms with Gasteiger partial charge >= 0.3 is 5.97 Å². The zero-order valence-corrected chi connectivity index (χ0v) is 24.0. The van der Waals surface area contributed by atoms with Crippen molar-refractivity contribution in [3.63, 3.8) is 0 Å². The minimum absolute atomic E-state index is 0.0299. The maximum atomic E-state index is 14.1. The van der Waals surface area contributed by atoms with Crippen molar-refractivity contribution in [2.24, 2.45) is 0 Å². The zero-order chi connectivity index (χ0) is 32.3. The Labute approximate surface area is 255 Å². The summed E-state index contributed by atoms with van der Waals surface area (Å²) in [5, 5.41) is 22.6. The normalized spacial score (nSPS) is 11.0. The molecule has 0 saturated carbocycles. The highest BCUT2D eigenvalue weighted by Gasteiger charge is 2.34. The number of hydrogen-bond acceptors (Lipinski definition) is 10. The van der Waals surface area contributed by atoms with Crippen LogP contribution in [0.4, 0.5) is 17.1 Å². The Morgan fingerprint density at radius 2 is 1.22 bits per heavy atom. The molecule has 0 saturated heterocycles. The standard InChI is InChI=1S/C31H21N3O10S/c1-43-24-14-16-25(17-15-24)45(41,42)32(30(35)20-6-10-22(11-7-20)33(37)38)28-18-19-29(27-5-3-2-4-26(27)28)44-31(36)21-8-12-23(13-9-21)34(39)40/h2-19H,1H3. The molecular formula is C31H21N3O10S. The first-order chi connectivity index (χ1) is 21.5. The topological polar surface area (TPSA) is 176 Å². The second-order valence-corrected chi connectivity index (χ2v) is 11.2. The Balaban J connectivity index is 1.62. The number of nitro benzene ring substituents is 2. The fourth-order valence-electron chi connectivity index (χ4n) is 4.44. The molecule has 0 unspecified atom stereocenters. The molecule has 0 N–H and O–H groups in total. The molecule has 5 rings (SSSR count). The molecule has 0 heterocycles. The van der Waals surface area contributed by atoms with Gasteiger partial charge in [0, 0.05) is 40.6 Å². The van der Waals surface area contributed by atoms with Gasteiger partial charge in [-0.2, -0.15) is 4.31 Å². The first-order valence-electron chi connectivity index (χ1n) is 13.0. The molecule has 0 aromatic heterocycles. The summed E-state index contributed by atoms with van der Waals surface area (Å²) < 4.78 is 39.5. The number of anilines is 1. The van der Waals surface area contributed by atoms with Crippen molar-refractivity contribution in [3.05, 3.63) is 141 Å².